The number of hydrogen-bond acceptors (Lipinski definition) is 3. The molecule has 1 aromatic heterocycles. The summed E-state index contributed by atoms with van der Waals surface area (Å²) in [5.74, 6) is 3.69. The van der Waals surface area contributed by atoms with Crippen molar-refractivity contribution in [3.8, 4) is 0 Å². The Morgan fingerprint density at radius 3 is 2.93 bits per heavy atom. The van der Waals surface area contributed by atoms with Gasteiger partial charge in [0, 0.05) is 5.92 Å². The van der Waals surface area contributed by atoms with Crippen LogP contribution < -0.4 is 0 Å². The number of carbonyl (C=O) groups excluding carboxylic acids is 1. The second-order valence-corrected chi connectivity index (χ2v) is 4.83. The van der Waals surface area contributed by atoms with Crippen LogP contribution in [0.4, 0.5) is 0 Å². The minimum absolute atomic E-state index is 0.279. The maximum atomic E-state index is 11.8. The van der Waals surface area contributed by atoms with Crippen molar-refractivity contribution >= 4 is 17.5 Å². The first-order valence-corrected chi connectivity index (χ1v) is 6.14. The third-order valence-corrected chi connectivity index (χ3v) is 3.65. The number of rotatable bonds is 3. The van der Waals surface area contributed by atoms with Gasteiger partial charge < -0.3 is 4.42 Å². The Morgan fingerprint density at radius 1 is 1.50 bits per heavy atom. The molecule has 2 heterocycles. The summed E-state index contributed by atoms with van der Waals surface area (Å²) in [7, 11) is 0. The van der Waals surface area contributed by atoms with E-state index in [9.17, 15) is 4.79 Å². The van der Waals surface area contributed by atoms with Gasteiger partial charge in [-0.1, -0.05) is 0 Å². The molecule has 2 rings (SSSR count). The minimum atomic E-state index is 0.279. The standard InChI is InChI=1S/C11H14O2S/c12-11(8-10-2-1-5-13-10)9-3-6-14-7-4-9/h1-2,5,9H,3-4,6-8H2. The molecule has 0 radical (unpaired) electrons. The number of ketones is 1. The van der Waals surface area contributed by atoms with Crippen molar-refractivity contribution in [2.75, 3.05) is 11.5 Å². The van der Waals surface area contributed by atoms with Gasteiger partial charge in [-0.15, -0.1) is 0 Å². The van der Waals surface area contributed by atoms with Crippen LogP contribution in [0.15, 0.2) is 22.8 Å². The highest BCUT2D eigenvalue weighted by Crippen LogP contribution is 2.24. The van der Waals surface area contributed by atoms with Crippen LogP contribution in [0, 0.1) is 5.92 Å². The zero-order valence-corrected chi connectivity index (χ0v) is 8.89. The summed E-state index contributed by atoms with van der Waals surface area (Å²) in [5, 5.41) is 0. The van der Waals surface area contributed by atoms with Crippen molar-refractivity contribution in [3.05, 3.63) is 24.2 Å². The number of thioether (sulfide) groups is 1. The molecule has 76 valence electrons. The van der Waals surface area contributed by atoms with Crippen LogP contribution in [0.5, 0.6) is 0 Å². The smallest absolute Gasteiger partial charge is 0.143 e. The van der Waals surface area contributed by atoms with Gasteiger partial charge in [0.05, 0.1) is 12.7 Å². The SMILES string of the molecule is O=C(Cc1ccco1)C1CCSCC1. The number of furan rings is 1. The molecule has 14 heavy (non-hydrogen) atoms. The average molecular weight is 210 g/mol. The van der Waals surface area contributed by atoms with Crippen LogP contribution in [0.1, 0.15) is 18.6 Å². The Bertz CT molecular complexity index is 286. The lowest BCUT2D eigenvalue weighted by molar-refractivity contribution is -0.122. The van der Waals surface area contributed by atoms with E-state index >= 15 is 0 Å². The fourth-order valence-electron chi connectivity index (χ4n) is 1.75. The quantitative estimate of drug-likeness (QED) is 0.768. The molecule has 1 fully saturated rings. The van der Waals surface area contributed by atoms with E-state index in [0.29, 0.717) is 12.2 Å². The third kappa shape index (κ3) is 2.41. The number of hydrogen-bond donors (Lipinski definition) is 0. The lowest BCUT2D eigenvalue weighted by Gasteiger charge is -2.19. The fraction of sp³-hybridized carbons (Fsp3) is 0.545. The summed E-state index contributed by atoms with van der Waals surface area (Å²) in [4.78, 5) is 11.8. The lowest BCUT2D eigenvalue weighted by atomic mass is 9.95. The molecule has 0 aromatic carbocycles. The van der Waals surface area contributed by atoms with E-state index in [-0.39, 0.29) is 5.92 Å². The summed E-state index contributed by atoms with van der Waals surface area (Å²) in [5.41, 5.74) is 0. The Hall–Kier alpha value is -0.700. The normalized spacial score (nSPS) is 18.3. The Balaban J connectivity index is 1.88. The molecule has 2 nitrogen and oxygen atoms in total. The van der Waals surface area contributed by atoms with Gasteiger partial charge in [0.2, 0.25) is 0 Å². The molecule has 0 N–H and O–H groups in total. The van der Waals surface area contributed by atoms with E-state index in [1.54, 1.807) is 6.26 Å². The predicted octanol–water partition coefficient (Wildman–Crippen LogP) is 2.53. The van der Waals surface area contributed by atoms with E-state index in [2.05, 4.69) is 0 Å². The first-order chi connectivity index (χ1) is 6.86. The van der Waals surface area contributed by atoms with Crippen LogP contribution in [0.3, 0.4) is 0 Å². The first-order valence-electron chi connectivity index (χ1n) is 4.99. The average Bonchev–Trinajstić information content (AvgIpc) is 2.72. The fourth-order valence-corrected chi connectivity index (χ4v) is 2.86. The molecule has 1 aromatic rings. The van der Waals surface area contributed by atoms with Crippen LogP contribution in [0.25, 0.3) is 0 Å². The maximum Gasteiger partial charge on any atom is 0.143 e. The molecule has 0 spiro atoms. The Kier molecular flexibility index (Phi) is 3.30. The van der Waals surface area contributed by atoms with Gasteiger partial charge in [0.15, 0.2) is 0 Å². The number of Topliss-reactive ketones (excluding diaryl/α,β-unsaturated/α-hetero) is 1. The Labute approximate surface area is 88.1 Å². The number of carbonyl (C=O) groups is 1. The second kappa shape index (κ2) is 4.69. The van der Waals surface area contributed by atoms with Crippen molar-refractivity contribution in [3.63, 3.8) is 0 Å². The molecule has 0 aliphatic carbocycles. The zero-order valence-electron chi connectivity index (χ0n) is 8.07. The van der Waals surface area contributed by atoms with E-state index in [1.165, 1.54) is 0 Å². The summed E-state index contributed by atoms with van der Waals surface area (Å²) >= 11 is 1.95. The van der Waals surface area contributed by atoms with Crippen molar-refractivity contribution < 1.29 is 9.21 Å². The van der Waals surface area contributed by atoms with E-state index in [0.717, 1.165) is 30.1 Å². The van der Waals surface area contributed by atoms with Crippen LogP contribution in [-0.4, -0.2) is 17.3 Å². The first kappa shape index (κ1) is 9.84. The van der Waals surface area contributed by atoms with Crippen molar-refractivity contribution in [2.45, 2.75) is 19.3 Å². The van der Waals surface area contributed by atoms with Gasteiger partial charge >= 0.3 is 0 Å². The Morgan fingerprint density at radius 2 is 2.29 bits per heavy atom. The van der Waals surface area contributed by atoms with Gasteiger partial charge in [-0.05, 0) is 36.5 Å². The molecule has 1 aliphatic rings. The van der Waals surface area contributed by atoms with Gasteiger partial charge in [-0.25, -0.2) is 0 Å². The second-order valence-electron chi connectivity index (χ2n) is 3.61. The van der Waals surface area contributed by atoms with E-state index in [1.807, 2.05) is 23.9 Å². The highest BCUT2D eigenvalue weighted by Gasteiger charge is 2.21. The van der Waals surface area contributed by atoms with Crippen LogP contribution >= 0.6 is 11.8 Å². The largest absolute Gasteiger partial charge is 0.469 e. The van der Waals surface area contributed by atoms with Gasteiger partial charge in [0.1, 0.15) is 11.5 Å². The van der Waals surface area contributed by atoms with Gasteiger partial charge in [-0.2, -0.15) is 11.8 Å². The monoisotopic (exact) mass is 210 g/mol. The topological polar surface area (TPSA) is 30.2 Å². The summed E-state index contributed by atoms with van der Waals surface area (Å²) < 4.78 is 5.17. The molecule has 0 atom stereocenters. The minimum Gasteiger partial charge on any atom is -0.469 e. The van der Waals surface area contributed by atoms with Crippen LogP contribution in [-0.2, 0) is 11.2 Å². The summed E-state index contributed by atoms with van der Waals surface area (Å²) in [6.07, 6.45) is 4.19. The van der Waals surface area contributed by atoms with Crippen LogP contribution in [0.2, 0.25) is 0 Å². The molecule has 0 saturated carbocycles. The predicted molar refractivity (Wildman–Crippen MR) is 57.5 cm³/mol. The van der Waals surface area contributed by atoms with Crippen molar-refractivity contribution in [2.24, 2.45) is 5.92 Å². The third-order valence-electron chi connectivity index (χ3n) is 2.61. The maximum absolute atomic E-state index is 11.8. The molecule has 1 saturated heterocycles. The highest BCUT2D eigenvalue weighted by atomic mass is 32.2. The highest BCUT2D eigenvalue weighted by molar-refractivity contribution is 7.99. The van der Waals surface area contributed by atoms with Gasteiger partial charge in [-0.3, -0.25) is 4.79 Å². The zero-order chi connectivity index (χ0) is 9.80. The molecular weight excluding hydrogens is 196 g/mol. The summed E-state index contributed by atoms with van der Waals surface area (Å²) in [6, 6.07) is 3.70. The molecule has 0 amide bonds. The van der Waals surface area contributed by atoms with E-state index in [4.69, 9.17) is 4.42 Å². The molecule has 0 bridgehead atoms. The van der Waals surface area contributed by atoms with E-state index < -0.39 is 0 Å². The summed E-state index contributed by atoms with van der Waals surface area (Å²) in [6.45, 7) is 0. The van der Waals surface area contributed by atoms with Crippen molar-refractivity contribution in [1.29, 1.82) is 0 Å². The molecule has 3 heteroatoms. The molecule has 1 aliphatic heterocycles. The van der Waals surface area contributed by atoms with Crippen molar-refractivity contribution in [1.82, 2.24) is 0 Å². The molecular formula is C11H14O2S. The lowest BCUT2D eigenvalue weighted by Crippen LogP contribution is -2.21. The molecule has 0 unspecified atom stereocenters. The van der Waals surface area contributed by atoms with Gasteiger partial charge in [0.25, 0.3) is 0 Å².